The van der Waals surface area contributed by atoms with E-state index < -0.39 is 0 Å². The number of hydrogen-bond donors (Lipinski definition) is 1. The molecule has 0 saturated carbocycles. The van der Waals surface area contributed by atoms with E-state index in [4.69, 9.17) is 19.2 Å². The second-order valence-corrected chi connectivity index (χ2v) is 8.92. The first kappa shape index (κ1) is 20.8. The van der Waals surface area contributed by atoms with Crippen LogP contribution in [0.2, 0.25) is 0 Å². The summed E-state index contributed by atoms with van der Waals surface area (Å²) in [6.07, 6.45) is 2.95. The molecule has 0 spiro atoms. The van der Waals surface area contributed by atoms with Gasteiger partial charge in [0.1, 0.15) is 23.0 Å². The molecule has 3 heterocycles. The van der Waals surface area contributed by atoms with Crippen LogP contribution in [0.4, 0.5) is 0 Å². The maximum Gasteiger partial charge on any atom is 0.263 e. The molecule has 5 rings (SSSR count). The minimum absolute atomic E-state index is 0.141. The highest BCUT2D eigenvalue weighted by atomic mass is 32.1. The number of methoxy groups -OCH3 is 1. The first-order valence-corrected chi connectivity index (χ1v) is 11.5. The predicted octanol–water partition coefficient (Wildman–Crippen LogP) is 4.58. The molecule has 32 heavy (non-hydrogen) atoms. The number of thiophene rings is 1. The van der Waals surface area contributed by atoms with E-state index >= 15 is 0 Å². The lowest BCUT2D eigenvalue weighted by molar-refractivity contribution is 0.173. The lowest BCUT2D eigenvalue weighted by atomic mass is 10.0. The van der Waals surface area contributed by atoms with Crippen LogP contribution in [0.25, 0.3) is 20.3 Å². The molecule has 2 aromatic heterocycles. The Morgan fingerprint density at radius 1 is 1.19 bits per heavy atom. The molecule has 0 unspecified atom stereocenters. The number of phenolic OH excluding ortho intramolecular Hbond substituents is 1. The van der Waals surface area contributed by atoms with Crippen LogP contribution in [0.5, 0.6) is 17.2 Å². The monoisotopic (exact) mass is 452 g/mol. The third-order valence-electron chi connectivity index (χ3n) is 5.68. The number of aromatic hydroxyl groups is 1. The van der Waals surface area contributed by atoms with Crippen LogP contribution in [0.3, 0.4) is 0 Å². The summed E-state index contributed by atoms with van der Waals surface area (Å²) in [6, 6.07) is 9.47. The molecule has 1 aliphatic heterocycles. The third kappa shape index (κ3) is 3.59. The fourth-order valence-electron chi connectivity index (χ4n) is 4.09. The first-order valence-electron chi connectivity index (χ1n) is 10.6. The number of rotatable bonds is 7. The number of fused-ring (bicyclic) bond motifs is 4. The second-order valence-electron chi connectivity index (χ2n) is 7.92. The second kappa shape index (κ2) is 8.44. The smallest absolute Gasteiger partial charge is 0.263 e. The molecule has 4 aromatic rings. The number of phenols is 1. The Morgan fingerprint density at radius 3 is 2.84 bits per heavy atom. The fourth-order valence-corrected chi connectivity index (χ4v) is 5.17. The number of benzene rings is 2. The Labute approximate surface area is 188 Å². The van der Waals surface area contributed by atoms with E-state index in [1.807, 2.05) is 24.3 Å². The van der Waals surface area contributed by atoms with Crippen molar-refractivity contribution in [1.82, 2.24) is 9.55 Å². The van der Waals surface area contributed by atoms with Crippen molar-refractivity contribution >= 4 is 31.6 Å². The molecule has 0 saturated heterocycles. The summed E-state index contributed by atoms with van der Waals surface area (Å²) < 4.78 is 18.5. The van der Waals surface area contributed by atoms with Gasteiger partial charge in [0.25, 0.3) is 5.56 Å². The standard InChI is InChI=1S/C24H24N2O5S/c1-3-4-5-14-8-16-21-23(32-22(16)17(27)9-14)25-20(12-29-2)26(24(21)28)11-15-6-7-18-19(10-15)31-13-30-18/h6-10,27H,3-5,11-13H2,1-2H3. The lowest BCUT2D eigenvalue weighted by Gasteiger charge is -2.12. The molecule has 0 bridgehead atoms. The van der Waals surface area contributed by atoms with Gasteiger partial charge in [0.05, 0.1) is 16.6 Å². The molecule has 0 aliphatic carbocycles. The van der Waals surface area contributed by atoms with Gasteiger partial charge in [-0.1, -0.05) is 19.4 Å². The van der Waals surface area contributed by atoms with Crippen molar-refractivity contribution in [2.45, 2.75) is 39.3 Å². The Morgan fingerprint density at radius 2 is 2.03 bits per heavy atom. The Balaban J connectivity index is 1.67. The Hall–Kier alpha value is -3.10. The quantitative estimate of drug-likeness (QED) is 0.442. The van der Waals surface area contributed by atoms with E-state index in [0.29, 0.717) is 38.8 Å². The molecule has 0 fully saturated rings. The van der Waals surface area contributed by atoms with Crippen molar-refractivity contribution in [1.29, 1.82) is 0 Å². The molecular weight excluding hydrogens is 428 g/mol. The van der Waals surface area contributed by atoms with Crippen molar-refractivity contribution in [3.8, 4) is 17.2 Å². The molecule has 0 amide bonds. The van der Waals surface area contributed by atoms with Crippen LogP contribution in [-0.4, -0.2) is 28.6 Å². The van der Waals surface area contributed by atoms with Crippen LogP contribution in [0.15, 0.2) is 35.1 Å². The number of aromatic nitrogens is 2. The van der Waals surface area contributed by atoms with Gasteiger partial charge < -0.3 is 19.3 Å². The van der Waals surface area contributed by atoms with E-state index in [9.17, 15) is 9.90 Å². The van der Waals surface area contributed by atoms with Crippen molar-refractivity contribution in [2.75, 3.05) is 13.9 Å². The zero-order valence-corrected chi connectivity index (χ0v) is 18.8. The number of ether oxygens (including phenoxy) is 3. The van der Waals surface area contributed by atoms with Gasteiger partial charge in [-0.2, -0.15) is 0 Å². The predicted molar refractivity (Wildman–Crippen MR) is 124 cm³/mol. The van der Waals surface area contributed by atoms with Gasteiger partial charge in [-0.15, -0.1) is 11.3 Å². The topological polar surface area (TPSA) is 82.8 Å². The largest absolute Gasteiger partial charge is 0.506 e. The molecule has 0 radical (unpaired) electrons. The summed E-state index contributed by atoms with van der Waals surface area (Å²) in [7, 11) is 1.58. The van der Waals surface area contributed by atoms with Crippen molar-refractivity contribution in [3.05, 3.63) is 57.6 Å². The maximum absolute atomic E-state index is 13.7. The number of hydrogen-bond acceptors (Lipinski definition) is 7. The van der Waals surface area contributed by atoms with E-state index in [-0.39, 0.29) is 24.7 Å². The summed E-state index contributed by atoms with van der Waals surface area (Å²) in [4.78, 5) is 19.1. The van der Waals surface area contributed by atoms with Crippen molar-refractivity contribution in [2.24, 2.45) is 0 Å². The van der Waals surface area contributed by atoms with Crippen LogP contribution in [0.1, 0.15) is 36.7 Å². The minimum atomic E-state index is -0.141. The molecule has 0 atom stereocenters. The average molecular weight is 453 g/mol. The van der Waals surface area contributed by atoms with Crippen LogP contribution in [0, 0.1) is 0 Å². The summed E-state index contributed by atoms with van der Waals surface area (Å²) in [5, 5.41) is 11.9. The minimum Gasteiger partial charge on any atom is -0.506 e. The van der Waals surface area contributed by atoms with E-state index in [0.717, 1.165) is 35.8 Å². The molecule has 2 aromatic carbocycles. The van der Waals surface area contributed by atoms with Gasteiger partial charge in [0, 0.05) is 12.5 Å². The molecule has 7 nitrogen and oxygen atoms in total. The number of unbranched alkanes of at least 4 members (excludes halogenated alkanes) is 1. The molecule has 1 N–H and O–H groups in total. The van der Waals surface area contributed by atoms with Crippen LogP contribution < -0.4 is 15.0 Å². The van der Waals surface area contributed by atoms with Gasteiger partial charge in [-0.05, 0) is 48.2 Å². The van der Waals surface area contributed by atoms with Crippen molar-refractivity contribution < 1.29 is 19.3 Å². The lowest BCUT2D eigenvalue weighted by Crippen LogP contribution is -2.26. The first-order chi connectivity index (χ1) is 15.6. The average Bonchev–Trinajstić information content (AvgIpc) is 3.39. The normalized spacial score (nSPS) is 12.8. The fraction of sp³-hybridized carbons (Fsp3) is 0.333. The van der Waals surface area contributed by atoms with E-state index in [1.165, 1.54) is 11.3 Å². The number of aryl methyl sites for hydroxylation is 1. The molecule has 8 heteroatoms. The van der Waals surface area contributed by atoms with Crippen molar-refractivity contribution in [3.63, 3.8) is 0 Å². The highest BCUT2D eigenvalue weighted by Crippen LogP contribution is 2.38. The van der Waals surface area contributed by atoms with Gasteiger partial charge in [0.15, 0.2) is 11.5 Å². The summed E-state index contributed by atoms with van der Waals surface area (Å²) >= 11 is 1.34. The van der Waals surface area contributed by atoms with E-state index in [2.05, 4.69) is 6.92 Å². The Kier molecular flexibility index (Phi) is 5.48. The third-order valence-corrected chi connectivity index (χ3v) is 6.80. The zero-order valence-electron chi connectivity index (χ0n) is 18.0. The van der Waals surface area contributed by atoms with Gasteiger partial charge in [-0.25, -0.2) is 4.98 Å². The highest BCUT2D eigenvalue weighted by molar-refractivity contribution is 7.25. The van der Waals surface area contributed by atoms with Gasteiger partial charge in [0.2, 0.25) is 6.79 Å². The summed E-state index contributed by atoms with van der Waals surface area (Å²) in [5.74, 6) is 2.11. The van der Waals surface area contributed by atoms with Gasteiger partial charge in [-0.3, -0.25) is 9.36 Å². The zero-order chi connectivity index (χ0) is 22.2. The van der Waals surface area contributed by atoms with Crippen LogP contribution >= 0.6 is 11.3 Å². The number of nitrogens with zero attached hydrogens (tertiary/aromatic N) is 2. The molecule has 166 valence electrons. The van der Waals surface area contributed by atoms with Crippen LogP contribution in [-0.2, 0) is 24.3 Å². The maximum atomic E-state index is 13.7. The molecule has 1 aliphatic rings. The SMILES string of the molecule is CCCCc1cc(O)c2sc3nc(COC)n(Cc4ccc5c(c4)OCO5)c(=O)c3c2c1. The molecular formula is C24H24N2O5S. The summed E-state index contributed by atoms with van der Waals surface area (Å²) in [5.41, 5.74) is 1.79. The van der Waals surface area contributed by atoms with E-state index in [1.54, 1.807) is 17.7 Å². The highest BCUT2D eigenvalue weighted by Gasteiger charge is 2.20. The van der Waals surface area contributed by atoms with Gasteiger partial charge >= 0.3 is 0 Å². The Bertz CT molecular complexity index is 1370. The summed E-state index contributed by atoms with van der Waals surface area (Å²) in [6.45, 7) is 2.87.